The molecule has 0 unspecified atom stereocenters. The SMILES string of the molecule is COc1cc2c(cc1OC)C(c1ccc(C)cc1)=NNC(=S)C2. The van der Waals surface area contributed by atoms with E-state index in [-0.39, 0.29) is 0 Å². The van der Waals surface area contributed by atoms with Gasteiger partial charge < -0.3 is 9.47 Å². The van der Waals surface area contributed by atoms with E-state index < -0.39 is 0 Å². The maximum absolute atomic E-state index is 5.44. The molecule has 4 nitrogen and oxygen atoms in total. The van der Waals surface area contributed by atoms with Crippen LogP contribution in [0.2, 0.25) is 0 Å². The number of aryl methyl sites for hydroxylation is 1. The number of methoxy groups -OCH3 is 2. The van der Waals surface area contributed by atoms with Crippen LogP contribution < -0.4 is 14.9 Å². The zero-order valence-corrected chi connectivity index (χ0v) is 14.2. The van der Waals surface area contributed by atoms with Crippen molar-refractivity contribution in [2.24, 2.45) is 5.10 Å². The first kappa shape index (κ1) is 15.5. The van der Waals surface area contributed by atoms with Crippen LogP contribution in [0.1, 0.15) is 22.3 Å². The number of nitrogens with zero attached hydrogens (tertiary/aromatic N) is 1. The third-order valence-corrected chi connectivity index (χ3v) is 4.07. The van der Waals surface area contributed by atoms with Gasteiger partial charge in [-0.2, -0.15) is 5.10 Å². The fourth-order valence-electron chi connectivity index (χ4n) is 2.61. The van der Waals surface area contributed by atoms with Gasteiger partial charge in [-0.05, 0) is 24.6 Å². The first-order valence-corrected chi connectivity index (χ1v) is 7.72. The number of nitrogens with one attached hydrogen (secondary N) is 1. The van der Waals surface area contributed by atoms with Crippen molar-refractivity contribution in [3.8, 4) is 11.5 Å². The number of hydrogen-bond donors (Lipinski definition) is 1. The van der Waals surface area contributed by atoms with Crippen LogP contribution in [0.4, 0.5) is 0 Å². The Labute approximate surface area is 141 Å². The molecule has 5 heteroatoms. The third kappa shape index (κ3) is 3.05. The van der Waals surface area contributed by atoms with Crippen LogP contribution in [0.25, 0.3) is 0 Å². The zero-order valence-electron chi connectivity index (χ0n) is 13.3. The van der Waals surface area contributed by atoms with Crippen molar-refractivity contribution >= 4 is 22.9 Å². The first-order valence-electron chi connectivity index (χ1n) is 7.31. The minimum Gasteiger partial charge on any atom is -0.493 e. The lowest BCUT2D eigenvalue weighted by molar-refractivity contribution is 0.354. The third-order valence-electron chi connectivity index (χ3n) is 3.83. The molecule has 0 saturated carbocycles. The minimum absolute atomic E-state index is 0.615. The molecule has 1 N–H and O–H groups in total. The Morgan fingerprint density at radius 2 is 1.70 bits per heavy atom. The van der Waals surface area contributed by atoms with Crippen LogP contribution in [0.3, 0.4) is 0 Å². The summed E-state index contributed by atoms with van der Waals surface area (Å²) in [5.74, 6) is 1.37. The van der Waals surface area contributed by atoms with E-state index in [0.717, 1.165) is 22.4 Å². The number of benzene rings is 2. The molecule has 0 amide bonds. The fraction of sp³-hybridized carbons (Fsp3) is 0.222. The molecule has 2 aromatic carbocycles. The highest BCUT2D eigenvalue weighted by Crippen LogP contribution is 2.33. The molecule has 0 atom stereocenters. The molecule has 0 fully saturated rings. The molecular weight excluding hydrogens is 308 g/mol. The lowest BCUT2D eigenvalue weighted by Crippen LogP contribution is -2.16. The number of fused-ring (bicyclic) bond motifs is 1. The quantitative estimate of drug-likeness (QED) is 0.880. The predicted molar refractivity (Wildman–Crippen MR) is 95.8 cm³/mol. The Balaban J connectivity index is 2.19. The van der Waals surface area contributed by atoms with E-state index in [0.29, 0.717) is 22.9 Å². The summed E-state index contributed by atoms with van der Waals surface area (Å²) < 4.78 is 10.8. The van der Waals surface area contributed by atoms with Crippen LogP contribution in [0.5, 0.6) is 11.5 Å². The molecule has 23 heavy (non-hydrogen) atoms. The molecule has 0 spiro atoms. The summed E-state index contributed by atoms with van der Waals surface area (Å²) in [4.78, 5) is 0.681. The largest absolute Gasteiger partial charge is 0.493 e. The summed E-state index contributed by atoms with van der Waals surface area (Å²) in [6.07, 6.45) is 0.615. The smallest absolute Gasteiger partial charge is 0.161 e. The minimum atomic E-state index is 0.615. The van der Waals surface area contributed by atoms with E-state index in [4.69, 9.17) is 21.7 Å². The van der Waals surface area contributed by atoms with Crippen LogP contribution >= 0.6 is 12.2 Å². The van der Waals surface area contributed by atoms with Crippen LogP contribution in [0.15, 0.2) is 41.5 Å². The number of ether oxygens (including phenoxy) is 2. The van der Waals surface area contributed by atoms with Crippen LogP contribution in [0, 0.1) is 6.92 Å². The van der Waals surface area contributed by atoms with Crippen molar-refractivity contribution in [3.63, 3.8) is 0 Å². The van der Waals surface area contributed by atoms with Crippen molar-refractivity contribution < 1.29 is 9.47 Å². The van der Waals surface area contributed by atoms with Crippen molar-refractivity contribution in [2.45, 2.75) is 13.3 Å². The lowest BCUT2D eigenvalue weighted by atomic mass is 9.95. The lowest BCUT2D eigenvalue weighted by Gasteiger charge is -2.14. The van der Waals surface area contributed by atoms with Crippen molar-refractivity contribution in [1.29, 1.82) is 0 Å². The summed E-state index contributed by atoms with van der Waals surface area (Å²) >= 11 is 5.34. The van der Waals surface area contributed by atoms with E-state index >= 15 is 0 Å². The molecule has 0 radical (unpaired) electrons. The highest BCUT2D eigenvalue weighted by Gasteiger charge is 2.20. The summed E-state index contributed by atoms with van der Waals surface area (Å²) in [5.41, 5.74) is 8.12. The van der Waals surface area contributed by atoms with Gasteiger partial charge in [-0.25, -0.2) is 0 Å². The van der Waals surface area contributed by atoms with Gasteiger partial charge in [0, 0.05) is 17.5 Å². The van der Waals surface area contributed by atoms with Gasteiger partial charge in [0.1, 0.15) is 4.99 Å². The van der Waals surface area contributed by atoms with Gasteiger partial charge in [-0.1, -0.05) is 42.0 Å². The molecule has 0 bridgehead atoms. The number of thiocarbonyl (C=S) groups is 1. The zero-order chi connectivity index (χ0) is 16.4. The fourth-order valence-corrected chi connectivity index (χ4v) is 2.81. The molecule has 0 aromatic heterocycles. The number of hydrazone groups is 1. The second kappa shape index (κ2) is 6.38. The average Bonchev–Trinajstić information content (AvgIpc) is 2.72. The normalized spacial score (nSPS) is 13.5. The standard InChI is InChI=1S/C18H18N2O2S/c1-11-4-6-12(7-5-11)18-14-10-16(22-3)15(21-2)8-13(14)9-17(23)19-20-18/h4-8,10H,9H2,1-3H3,(H,19,23). The second-order valence-corrected chi connectivity index (χ2v) is 5.90. The molecule has 118 valence electrons. The Bertz CT molecular complexity index is 782. The van der Waals surface area contributed by atoms with Crippen molar-refractivity contribution in [3.05, 3.63) is 58.7 Å². The number of rotatable bonds is 3. The van der Waals surface area contributed by atoms with Crippen molar-refractivity contribution in [1.82, 2.24) is 5.43 Å². The van der Waals surface area contributed by atoms with Crippen molar-refractivity contribution in [2.75, 3.05) is 14.2 Å². The monoisotopic (exact) mass is 326 g/mol. The Morgan fingerprint density at radius 3 is 2.35 bits per heavy atom. The molecule has 1 aliphatic rings. The summed E-state index contributed by atoms with van der Waals surface area (Å²) in [6.45, 7) is 2.06. The molecule has 1 heterocycles. The predicted octanol–water partition coefficient (Wildman–Crippen LogP) is 3.24. The van der Waals surface area contributed by atoms with Gasteiger partial charge >= 0.3 is 0 Å². The maximum Gasteiger partial charge on any atom is 0.161 e. The molecule has 0 aliphatic carbocycles. The van der Waals surface area contributed by atoms with Gasteiger partial charge in [0.15, 0.2) is 11.5 Å². The second-order valence-electron chi connectivity index (χ2n) is 5.40. The van der Waals surface area contributed by atoms with E-state index in [1.54, 1.807) is 14.2 Å². The van der Waals surface area contributed by atoms with Gasteiger partial charge in [-0.3, -0.25) is 5.43 Å². The summed E-state index contributed by atoms with van der Waals surface area (Å²) in [7, 11) is 3.26. The number of hydrogen-bond acceptors (Lipinski definition) is 4. The van der Waals surface area contributed by atoms with E-state index in [1.807, 2.05) is 12.1 Å². The van der Waals surface area contributed by atoms with Gasteiger partial charge in [0.25, 0.3) is 0 Å². The molecule has 3 rings (SSSR count). The van der Waals surface area contributed by atoms with Crippen LogP contribution in [-0.2, 0) is 6.42 Å². The molecule has 2 aromatic rings. The van der Waals surface area contributed by atoms with E-state index in [9.17, 15) is 0 Å². The Kier molecular flexibility index (Phi) is 4.30. The highest BCUT2D eigenvalue weighted by molar-refractivity contribution is 7.80. The molecular formula is C18H18N2O2S. The Morgan fingerprint density at radius 1 is 1.04 bits per heavy atom. The molecule has 1 aliphatic heterocycles. The van der Waals surface area contributed by atoms with Crippen LogP contribution in [-0.4, -0.2) is 24.9 Å². The maximum atomic E-state index is 5.44. The van der Waals surface area contributed by atoms with E-state index in [1.165, 1.54) is 5.56 Å². The average molecular weight is 326 g/mol. The highest BCUT2D eigenvalue weighted by atomic mass is 32.1. The first-order chi connectivity index (χ1) is 11.1. The van der Waals surface area contributed by atoms with Gasteiger partial charge in [-0.15, -0.1) is 0 Å². The van der Waals surface area contributed by atoms with Gasteiger partial charge in [0.2, 0.25) is 0 Å². The van der Waals surface area contributed by atoms with Gasteiger partial charge in [0.05, 0.1) is 19.9 Å². The molecule has 0 saturated heterocycles. The topological polar surface area (TPSA) is 42.9 Å². The summed E-state index contributed by atoms with van der Waals surface area (Å²) in [6, 6.07) is 12.2. The Hall–Kier alpha value is -2.40. The summed E-state index contributed by atoms with van der Waals surface area (Å²) in [5, 5.41) is 4.51. The van der Waals surface area contributed by atoms with E-state index in [2.05, 4.69) is 41.7 Å².